The number of carbonyl (C=O) groups excluding carboxylic acids is 3. The van der Waals surface area contributed by atoms with E-state index >= 15 is 0 Å². The second kappa shape index (κ2) is 10.8. The minimum absolute atomic E-state index is 0.0143. The molecular formula is C21H31FN2O4. The molecule has 1 unspecified atom stereocenters. The van der Waals surface area contributed by atoms with Crippen LogP contribution in [0.25, 0.3) is 0 Å². The first-order valence-electron chi connectivity index (χ1n) is 9.52. The average Bonchev–Trinajstić information content (AvgIpc) is 2.55. The summed E-state index contributed by atoms with van der Waals surface area (Å²) >= 11 is 0. The number of alkyl carbamates (subject to hydrolysis) is 1. The molecule has 0 saturated heterocycles. The van der Waals surface area contributed by atoms with Crippen LogP contribution >= 0.6 is 0 Å². The van der Waals surface area contributed by atoms with E-state index in [9.17, 15) is 18.8 Å². The molecule has 0 aliphatic rings. The maximum absolute atomic E-state index is 13.6. The minimum atomic E-state index is -0.608. The Morgan fingerprint density at radius 3 is 2.32 bits per heavy atom. The molecule has 6 nitrogen and oxygen atoms in total. The second-order valence-corrected chi connectivity index (χ2v) is 8.18. The molecular weight excluding hydrogens is 363 g/mol. The largest absolute Gasteiger partial charge is 0.444 e. The van der Waals surface area contributed by atoms with Gasteiger partial charge in [-0.2, -0.15) is 0 Å². The maximum Gasteiger partial charge on any atom is 0.407 e. The van der Waals surface area contributed by atoms with E-state index in [2.05, 4.69) is 10.6 Å². The van der Waals surface area contributed by atoms with Gasteiger partial charge in [-0.3, -0.25) is 9.59 Å². The lowest BCUT2D eigenvalue weighted by Gasteiger charge is -2.25. The smallest absolute Gasteiger partial charge is 0.407 e. The van der Waals surface area contributed by atoms with Crippen LogP contribution in [0.1, 0.15) is 64.2 Å². The molecule has 2 N–H and O–H groups in total. The van der Waals surface area contributed by atoms with Gasteiger partial charge in [0, 0.05) is 25.4 Å². The molecule has 0 spiro atoms. The summed E-state index contributed by atoms with van der Waals surface area (Å²) in [6.07, 6.45) is -0.00915. The predicted molar refractivity (Wildman–Crippen MR) is 106 cm³/mol. The van der Waals surface area contributed by atoms with Crippen LogP contribution in [0, 0.1) is 11.7 Å². The molecule has 0 fully saturated rings. The van der Waals surface area contributed by atoms with Crippen molar-refractivity contribution in [2.45, 2.75) is 65.5 Å². The SMILES string of the molecule is CC(C)CC(CNC(=O)CCC(=O)c1ccccc1F)NC(=O)OC(C)(C)C. The van der Waals surface area contributed by atoms with E-state index in [4.69, 9.17) is 4.74 Å². The zero-order valence-electron chi connectivity index (χ0n) is 17.3. The number of hydrogen-bond donors (Lipinski definition) is 2. The zero-order chi connectivity index (χ0) is 21.3. The summed E-state index contributed by atoms with van der Waals surface area (Å²) in [4.78, 5) is 36.1. The molecule has 1 aromatic rings. The fourth-order valence-electron chi connectivity index (χ4n) is 2.61. The Balaban J connectivity index is 2.50. The van der Waals surface area contributed by atoms with Crippen molar-refractivity contribution in [2.24, 2.45) is 5.92 Å². The van der Waals surface area contributed by atoms with Crippen LogP contribution in [0.3, 0.4) is 0 Å². The molecule has 0 aliphatic heterocycles. The highest BCUT2D eigenvalue weighted by molar-refractivity contribution is 5.98. The Labute approximate surface area is 166 Å². The Morgan fingerprint density at radius 2 is 1.75 bits per heavy atom. The van der Waals surface area contributed by atoms with Gasteiger partial charge in [0.1, 0.15) is 11.4 Å². The van der Waals surface area contributed by atoms with Crippen molar-refractivity contribution < 1.29 is 23.5 Å². The van der Waals surface area contributed by atoms with Crippen LogP contribution in [0.15, 0.2) is 24.3 Å². The highest BCUT2D eigenvalue weighted by Crippen LogP contribution is 2.11. The van der Waals surface area contributed by atoms with Crippen molar-refractivity contribution in [3.63, 3.8) is 0 Å². The van der Waals surface area contributed by atoms with Crippen molar-refractivity contribution in [2.75, 3.05) is 6.54 Å². The Hall–Kier alpha value is -2.44. The number of carbonyl (C=O) groups is 3. The van der Waals surface area contributed by atoms with Gasteiger partial charge in [-0.15, -0.1) is 0 Å². The molecule has 1 rings (SSSR count). The van der Waals surface area contributed by atoms with Crippen LogP contribution in [0.2, 0.25) is 0 Å². The van der Waals surface area contributed by atoms with E-state index < -0.39 is 23.3 Å². The molecule has 1 aromatic carbocycles. The van der Waals surface area contributed by atoms with Gasteiger partial charge in [0.05, 0.1) is 5.56 Å². The van der Waals surface area contributed by atoms with E-state index in [1.165, 1.54) is 18.2 Å². The topological polar surface area (TPSA) is 84.5 Å². The molecule has 0 aromatic heterocycles. The minimum Gasteiger partial charge on any atom is -0.444 e. The zero-order valence-corrected chi connectivity index (χ0v) is 17.3. The van der Waals surface area contributed by atoms with Crippen molar-refractivity contribution in [1.82, 2.24) is 10.6 Å². The molecule has 0 aliphatic carbocycles. The Kier molecular flexibility index (Phi) is 9.09. The molecule has 0 radical (unpaired) electrons. The summed E-state index contributed by atoms with van der Waals surface area (Å²) in [5, 5.41) is 5.49. The van der Waals surface area contributed by atoms with E-state index in [0.29, 0.717) is 12.3 Å². The Bertz CT molecular complexity index is 683. The van der Waals surface area contributed by atoms with Gasteiger partial charge in [-0.1, -0.05) is 26.0 Å². The summed E-state index contributed by atoms with van der Waals surface area (Å²) in [7, 11) is 0. The van der Waals surface area contributed by atoms with Crippen LogP contribution in [-0.2, 0) is 9.53 Å². The van der Waals surface area contributed by atoms with Gasteiger partial charge in [-0.25, -0.2) is 9.18 Å². The van der Waals surface area contributed by atoms with Crippen molar-refractivity contribution in [1.29, 1.82) is 0 Å². The lowest BCUT2D eigenvalue weighted by molar-refractivity contribution is -0.121. The highest BCUT2D eigenvalue weighted by Gasteiger charge is 2.21. The molecule has 7 heteroatoms. The first-order valence-corrected chi connectivity index (χ1v) is 9.52. The summed E-state index contributed by atoms with van der Waals surface area (Å²) in [6, 6.07) is 5.41. The van der Waals surface area contributed by atoms with Gasteiger partial charge < -0.3 is 15.4 Å². The number of ether oxygens (including phenoxy) is 1. The number of amides is 2. The third-order valence-electron chi connectivity index (χ3n) is 3.78. The monoisotopic (exact) mass is 394 g/mol. The van der Waals surface area contributed by atoms with Crippen molar-refractivity contribution in [3.8, 4) is 0 Å². The summed E-state index contributed by atoms with van der Waals surface area (Å²) < 4.78 is 18.9. The quantitative estimate of drug-likeness (QED) is 0.623. The summed E-state index contributed by atoms with van der Waals surface area (Å²) in [6.45, 7) is 9.58. The van der Waals surface area contributed by atoms with Crippen molar-refractivity contribution >= 4 is 17.8 Å². The second-order valence-electron chi connectivity index (χ2n) is 8.18. The molecule has 2 amide bonds. The summed E-state index contributed by atoms with van der Waals surface area (Å²) in [5.41, 5.74) is -0.623. The Morgan fingerprint density at radius 1 is 1.11 bits per heavy atom. The highest BCUT2D eigenvalue weighted by atomic mass is 19.1. The fourth-order valence-corrected chi connectivity index (χ4v) is 2.61. The third kappa shape index (κ3) is 9.48. The number of ketones is 1. The normalized spacial score (nSPS) is 12.4. The van der Waals surface area contributed by atoms with Crippen LogP contribution in [-0.4, -0.2) is 36.0 Å². The predicted octanol–water partition coefficient (Wildman–Crippen LogP) is 3.84. The number of halogens is 1. The van der Waals surface area contributed by atoms with E-state index in [-0.39, 0.29) is 36.9 Å². The maximum atomic E-state index is 13.6. The molecule has 28 heavy (non-hydrogen) atoms. The standard InChI is InChI=1S/C21H31FN2O4/c1-14(2)12-15(24-20(27)28-21(3,4)5)13-23-19(26)11-10-18(25)16-8-6-7-9-17(16)22/h6-9,14-15H,10-13H2,1-5H3,(H,23,26)(H,24,27). The average molecular weight is 394 g/mol. The number of hydrogen-bond acceptors (Lipinski definition) is 4. The molecule has 0 bridgehead atoms. The molecule has 0 heterocycles. The molecule has 156 valence electrons. The van der Waals surface area contributed by atoms with E-state index in [0.717, 1.165) is 0 Å². The van der Waals surface area contributed by atoms with Crippen molar-refractivity contribution in [3.05, 3.63) is 35.6 Å². The van der Waals surface area contributed by atoms with Gasteiger partial charge in [0.2, 0.25) is 5.91 Å². The van der Waals surface area contributed by atoms with E-state index in [1.807, 2.05) is 13.8 Å². The van der Waals surface area contributed by atoms with Crippen LogP contribution in [0.4, 0.5) is 9.18 Å². The van der Waals surface area contributed by atoms with Crippen LogP contribution in [0.5, 0.6) is 0 Å². The van der Waals surface area contributed by atoms with Gasteiger partial charge in [-0.05, 0) is 45.2 Å². The van der Waals surface area contributed by atoms with Gasteiger partial charge in [0.25, 0.3) is 0 Å². The lowest BCUT2D eigenvalue weighted by atomic mass is 10.0. The number of nitrogens with one attached hydrogen (secondary N) is 2. The van der Waals surface area contributed by atoms with Gasteiger partial charge >= 0.3 is 6.09 Å². The molecule has 1 atom stereocenters. The number of benzene rings is 1. The third-order valence-corrected chi connectivity index (χ3v) is 3.78. The van der Waals surface area contributed by atoms with Gasteiger partial charge in [0.15, 0.2) is 5.78 Å². The van der Waals surface area contributed by atoms with Crippen LogP contribution < -0.4 is 10.6 Å². The number of rotatable bonds is 9. The van der Waals surface area contributed by atoms with E-state index in [1.54, 1.807) is 26.8 Å². The number of Topliss-reactive ketones (excluding diaryl/α,β-unsaturated/α-hetero) is 1. The lowest BCUT2D eigenvalue weighted by Crippen LogP contribution is -2.46. The first kappa shape index (κ1) is 23.6. The summed E-state index contributed by atoms with van der Waals surface area (Å²) in [5.74, 6) is -1.03. The molecule has 0 saturated carbocycles. The first-order chi connectivity index (χ1) is 13.0. The fraction of sp³-hybridized carbons (Fsp3) is 0.571.